The molecule has 114 valence electrons. The number of nitrogens with zero attached hydrogens (tertiary/aromatic N) is 3. The van der Waals surface area contributed by atoms with Crippen molar-refractivity contribution < 1.29 is 9.47 Å². The van der Waals surface area contributed by atoms with Gasteiger partial charge < -0.3 is 14.8 Å². The highest BCUT2D eigenvalue weighted by molar-refractivity contribution is 6.28. The minimum Gasteiger partial charge on any atom is -0.463 e. The van der Waals surface area contributed by atoms with Gasteiger partial charge in [0.15, 0.2) is 0 Å². The van der Waals surface area contributed by atoms with Crippen LogP contribution in [0.4, 0.5) is 5.95 Å². The van der Waals surface area contributed by atoms with Gasteiger partial charge in [-0.05, 0) is 30.4 Å². The number of hydrogen-bond acceptors (Lipinski definition) is 6. The summed E-state index contributed by atoms with van der Waals surface area (Å²) >= 11 is 5.81. The van der Waals surface area contributed by atoms with Crippen LogP contribution in [-0.4, -0.2) is 41.3 Å². The Kier molecular flexibility index (Phi) is 8.22. The molecule has 0 saturated carbocycles. The van der Waals surface area contributed by atoms with Gasteiger partial charge in [-0.1, -0.05) is 20.8 Å². The van der Waals surface area contributed by atoms with Crippen LogP contribution in [0.5, 0.6) is 6.01 Å². The van der Waals surface area contributed by atoms with Crippen LogP contribution in [0.25, 0.3) is 0 Å². The molecule has 0 saturated heterocycles. The molecule has 0 fully saturated rings. The maximum atomic E-state index is 5.81. The van der Waals surface area contributed by atoms with Crippen LogP contribution in [0.3, 0.4) is 0 Å². The summed E-state index contributed by atoms with van der Waals surface area (Å²) in [5.74, 6) is 1.06. The number of halogens is 1. The van der Waals surface area contributed by atoms with Crippen LogP contribution in [0.2, 0.25) is 5.28 Å². The lowest BCUT2D eigenvalue weighted by molar-refractivity contribution is 0.132. The van der Waals surface area contributed by atoms with E-state index < -0.39 is 0 Å². The number of nitrogens with one attached hydrogen (secondary N) is 1. The van der Waals surface area contributed by atoms with Gasteiger partial charge >= 0.3 is 6.01 Å². The third-order valence-corrected chi connectivity index (χ3v) is 2.56. The lowest BCUT2D eigenvalue weighted by Gasteiger charge is -2.08. The van der Waals surface area contributed by atoms with Gasteiger partial charge in [-0.3, -0.25) is 0 Å². The van der Waals surface area contributed by atoms with E-state index in [-0.39, 0.29) is 11.3 Å². The maximum Gasteiger partial charge on any atom is 0.322 e. The molecule has 0 amide bonds. The molecule has 0 radical (unpaired) electrons. The third kappa shape index (κ3) is 7.45. The topological polar surface area (TPSA) is 69.2 Å². The zero-order valence-corrected chi connectivity index (χ0v) is 13.1. The molecule has 0 unspecified atom stereocenters. The van der Waals surface area contributed by atoms with Gasteiger partial charge in [-0.15, -0.1) is 0 Å². The summed E-state index contributed by atoms with van der Waals surface area (Å²) in [6, 6.07) is 0.245. The molecule has 1 N–H and O–H groups in total. The van der Waals surface area contributed by atoms with E-state index in [9.17, 15) is 0 Å². The van der Waals surface area contributed by atoms with Crippen molar-refractivity contribution in [1.82, 2.24) is 15.0 Å². The first-order valence-corrected chi connectivity index (χ1v) is 7.35. The SMILES string of the molecule is CCCOc1nc(Cl)nc(NCCOCCC(C)C)n1. The number of hydrogen-bond donors (Lipinski definition) is 1. The van der Waals surface area contributed by atoms with E-state index in [1.807, 2.05) is 6.92 Å². The second-order valence-corrected chi connectivity index (χ2v) is 5.12. The summed E-state index contributed by atoms with van der Waals surface area (Å²) in [6.07, 6.45) is 1.95. The molecular weight excluding hydrogens is 280 g/mol. The van der Waals surface area contributed by atoms with E-state index in [0.29, 0.717) is 31.6 Å². The molecule has 1 aromatic rings. The summed E-state index contributed by atoms with van der Waals surface area (Å²) in [7, 11) is 0. The molecule has 1 aromatic heterocycles. The van der Waals surface area contributed by atoms with E-state index >= 15 is 0 Å². The standard InChI is InChI=1S/C13H23ClN4O2/c1-4-7-20-13-17-11(14)16-12(18-13)15-6-9-19-8-5-10(2)3/h10H,4-9H2,1-3H3,(H,15,16,17,18). The smallest absolute Gasteiger partial charge is 0.322 e. The van der Waals surface area contributed by atoms with Gasteiger partial charge in [0, 0.05) is 13.2 Å². The van der Waals surface area contributed by atoms with E-state index in [0.717, 1.165) is 19.4 Å². The second-order valence-electron chi connectivity index (χ2n) is 4.78. The molecule has 0 aliphatic heterocycles. The molecule has 0 aliphatic carbocycles. The van der Waals surface area contributed by atoms with Gasteiger partial charge in [0.2, 0.25) is 11.2 Å². The summed E-state index contributed by atoms with van der Waals surface area (Å²) in [6.45, 7) is 8.89. The Labute approximate surface area is 125 Å². The molecule has 1 rings (SSSR count). The van der Waals surface area contributed by atoms with Gasteiger partial charge in [-0.2, -0.15) is 15.0 Å². The molecule has 1 heterocycles. The van der Waals surface area contributed by atoms with Crippen molar-refractivity contribution in [3.8, 4) is 6.01 Å². The number of anilines is 1. The first kappa shape index (κ1) is 16.9. The van der Waals surface area contributed by atoms with Crippen LogP contribution in [-0.2, 0) is 4.74 Å². The minimum atomic E-state index is 0.120. The summed E-state index contributed by atoms with van der Waals surface area (Å²) < 4.78 is 10.8. The summed E-state index contributed by atoms with van der Waals surface area (Å²) in [5, 5.41) is 3.16. The lowest BCUT2D eigenvalue weighted by Crippen LogP contribution is -2.13. The molecule has 6 nitrogen and oxygen atoms in total. The molecule has 20 heavy (non-hydrogen) atoms. The van der Waals surface area contributed by atoms with E-state index in [1.165, 1.54) is 0 Å². The molecule has 0 aliphatic rings. The van der Waals surface area contributed by atoms with Gasteiger partial charge in [-0.25, -0.2) is 0 Å². The fraction of sp³-hybridized carbons (Fsp3) is 0.769. The van der Waals surface area contributed by atoms with Crippen LogP contribution < -0.4 is 10.1 Å². The lowest BCUT2D eigenvalue weighted by atomic mass is 10.1. The molecule has 7 heteroatoms. The summed E-state index contributed by atoms with van der Waals surface area (Å²) in [5.41, 5.74) is 0. The van der Waals surface area contributed by atoms with Crippen molar-refractivity contribution in [2.24, 2.45) is 5.92 Å². The highest BCUT2D eigenvalue weighted by Gasteiger charge is 2.05. The van der Waals surface area contributed by atoms with Crippen molar-refractivity contribution in [3.63, 3.8) is 0 Å². The van der Waals surface area contributed by atoms with Crippen LogP contribution in [0.1, 0.15) is 33.6 Å². The van der Waals surface area contributed by atoms with Crippen molar-refractivity contribution in [3.05, 3.63) is 5.28 Å². The molecule has 0 spiro atoms. The Balaban J connectivity index is 2.30. The predicted octanol–water partition coefficient (Wildman–Crippen LogP) is 2.79. The Bertz CT molecular complexity index is 391. The maximum absolute atomic E-state index is 5.81. The van der Waals surface area contributed by atoms with E-state index in [4.69, 9.17) is 21.1 Å². The molecular formula is C13H23ClN4O2. The van der Waals surface area contributed by atoms with Crippen molar-refractivity contribution in [1.29, 1.82) is 0 Å². The van der Waals surface area contributed by atoms with Gasteiger partial charge in [0.05, 0.1) is 13.2 Å². The van der Waals surface area contributed by atoms with Crippen LogP contribution in [0, 0.1) is 5.92 Å². The minimum absolute atomic E-state index is 0.120. The monoisotopic (exact) mass is 302 g/mol. The predicted molar refractivity (Wildman–Crippen MR) is 79.4 cm³/mol. The number of rotatable bonds is 10. The highest BCUT2D eigenvalue weighted by atomic mass is 35.5. The largest absolute Gasteiger partial charge is 0.463 e. The first-order chi connectivity index (χ1) is 9.61. The van der Waals surface area contributed by atoms with Crippen molar-refractivity contribution in [2.45, 2.75) is 33.6 Å². The fourth-order valence-electron chi connectivity index (χ4n) is 1.32. The van der Waals surface area contributed by atoms with Crippen molar-refractivity contribution >= 4 is 17.5 Å². The van der Waals surface area contributed by atoms with Crippen LogP contribution in [0.15, 0.2) is 0 Å². The Morgan fingerprint density at radius 2 is 1.95 bits per heavy atom. The van der Waals surface area contributed by atoms with E-state index in [1.54, 1.807) is 0 Å². The normalized spacial score (nSPS) is 10.8. The number of ether oxygens (including phenoxy) is 2. The zero-order chi connectivity index (χ0) is 14.8. The Hall–Kier alpha value is -1.14. The molecule has 0 atom stereocenters. The Morgan fingerprint density at radius 3 is 2.65 bits per heavy atom. The quantitative estimate of drug-likeness (QED) is 0.670. The molecule has 0 aromatic carbocycles. The van der Waals surface area contributed by atoms with Gasteiger partial charge in [0.1, 0.15) is 0 Å². The zero-order valence-electron chi connectivity index (χ0n) is 12.4. The summed E-state index contributed by atoms with van der Waals surface area (Å²) in [4.78, 5) is 12.0. The average Bonchev–Trinajstić information content (AvgIpc) is 2.39. The Morgan fingerprint density at radius 1 is 1.15 bits per heavy atom. The average molecular weight is 303 g/mol. The highest BCUT2D eigenvalue weighted by Crippen LogP contribution is 2.11. The van der Waals surface area contributed by atoms with Crippen LogP contribution >= 0.6 is 11.6 Å². The molecule has 0 bridgehead atoms. The third-order valence-electron chi connectivity index (χ3n) is 2.39. The van der Waals surface area contributed by atoms with Gasteiger partial charge in [0.25, 0.3) is 0 Å². The first-order valence-electron chi connectivity index (χ1n) is 6.97. The fourth-order valence-corrected chi connectivity index (χ4v) is 1.48. The van der Waals surface area contributed by atoms with E-state index in [2.05, 4.69) is 34.1 Å². The second kappa shape index (κ2) is 9.72. The van der Waals surface area contributed by atoms with Crippen molar-refractivity contribution in [2.75, 3.05) is 31.7 Å². The number of aromatic nitrogens is 3.